The van der Waals surface area contributed by atoms with Crippen molar-refractivity contribution in [2.45, 2.75) is 26.7 Å². The standard InChI is InChI=1S/C20H20N6O3/c1-11-9-16(21-19-13(11)5-4-6-15(19)29-3)26-17(10-12(2)25-26)22-20(28)14-7-8-18(27)24-23-14/h4-6,9-10H,7-8H2,1-3H3,(H,22,28)(H,24,27). The van der Waals surface area contributed by atoms with Crippen LogP contribution < -0.4 is 15.5 Å². The number of carbonyl (C=O) groups excluding carboxylic acids is 2. The summed E-state index contributed by atoms with van der Waals surface area (Å²) in [6, 6.07) is 9.41. The molecule has 1 aliphatic heterocycles. The highest BCUT2D eigenvalue weighted by molar-refractivity contribution is 6.43. The number of nitrogens with zero attached hydrogens (tertiary/aromatic N) is 4. The summed E-state index contributed by atoms with van der Waals surface area (Å²) >= 11 is 0. The number of anilines is 1. The van der Waals surface area contributed by atoms with Crippen LogP contribution in [-0.4, -0.2) is 39.4 Å². The van der Waals surface area contributed by atoms with Gasteiger partial charge in [-0.3, -0.25) is 9.59 Å². The predicted octanol–water partition coefficient (Wildman–Crippen LogP) is 2.25. The first-order valence-electron chi connectivity index (χ1n) is 9.14. The first kappa shape index (κ1) is 18.6. The molecule has 148 valence electrons. The van der Waals surface area contributed by atoms with E-state index in [-0.39, 0.29) is 30.4 Å². The van der Waals surface area contributed by atoms with Gasteiger partial charge in [-0.2, -0.15) is 14.9 Å². The first-order valence-corrected chi connectivity index (χ1v) is 9.14. The van der Waals surface area contributed by atoms with E-state index in [1.807, 2.05) is 38.1 Å². The lowest BCUT2D eigenvalue weighted by Gasteiger charge is -2.14. The SMILES string of the molecule is COc1cccc2c(C)cc(-n3nc(C)cc3NC(=O)C3=NNC(=O)CC3)nc12. The maximum Gasteiger partial charge on any atom is 0.273 e. The minimum Gasteiger partial charge on any atom is -0.494 e. The lowest BCUT2D eigenvalue weighted by atomic mass is 10.1. The Morgan fingerprint density at radius 2 is 2.07 bits per heavy atom. The quantitative estimate of drug-likeness (QED) is 0.708. The lowest BCUT2D eigenvalue weighted by molar-refractivity contribution is -0.121. The third kappa shape index (κ3) is 3.54. The van der Waals surface area contributed by atoms with Crippen LogP contribution in [0.3, 0.4) is 0 Å². The van der Waals surface area contributed by atoms with E-state index in [0.717, 1.165) is 22.2 Å². The van der Waals surface area contributed by atoms with Crippen LogP contribution in [0.1, 0.15) is 24.1 Å². The summed E-state index contributed by atoms with van der Waals surface area (Å²) in [7, 11) is 1.60. The van der Waals surface area contributed by atoms with E-state index in [9.17, 15) is 9.59 Å². The Hall–Kier alpha value is -3.75. The van der Waals surface area contributed by atoms with Crippen LogP contribution in [0.5, 0.6) is 5.75 Å². The second kappa shape index (κ2) is 7.34. The molecule has 0 fully saturated rings. The average Bonchev–Trinajstić information content (AvgIpc) is 3.08. The van der Waals surface area contributed by atoms with Crippen molar-refractivity contribution in [3.8, 4) is 11.6 Å². The van der Waals surface area contributed by atoms with Gasteiger partial charge in [-0.25, -0.2) is 10.4 Å². The van der Waals surface area contributed by atoms with Gasteiger partial charge < -0.3 is 10.1 Å². The molecule has 29 heavy (non-hydrogen) atoms. The van der Waals surface area contributed by atoms with E-state index < -0.39 is 0 Å². The van der Waals surface area contributed by atoms with Gasteiger partial charge >= 0.3 is 0 Å². The number of hydrazone groups is 1. The minimum absolute atomic E-state index is 0.202. The first-order chi connectivity index (χ1) is 14.0. The summed E-state index contributed by atoms with van der Waals surface area (Å²) in [5, 5.41) is 12.1. The van der Waals surface area contributed by atoms with Crippen molar-refractivity contribution in [2.75, 3.05) is 12.4 Å². The Bertz CT molecular complexity index is 1160. The van der Waals surface area contributed by atoms with Crippen LogP contribution in [0.25, 0.3) is 16.7 Å². The van der Waals surface area contributed by atoms with Crippen molar-refractivity contribution in [2.24, 2.45) is 5.10 Å². The van der Waals surface area contributed by atoms with Gasteiger partial charge in [0.25, 0.3) is 5.91 Å². The number of benzene rings is 1. The van der Waals surface area contributed by atoms with Gasteiger partial charge in [0.1, 0.15) is 22.8 Å². The molecule has 1 aliphatic rings. The topological polar surface area (TPSA) is 110 Å². The highest BCUT2D eigenvalue weighted by Crippen LogP contribution is 2.28. The molecule has 0 spiro atoms. The summed E-state index contributed by atoms with van der Waals surface area (Å²) in [6.45, 7) is 3.82. The Labute approximate surface area is 166 Å². The number of para-hydroxylation sites is 1. The van der Waals surface area contributed by atoms with Crippen LogP contribution in [0, 0.1) is 13.8 Å². The van der Waals surface area contributed by atoms with E-state index in [1.54, 1.807) is 17.9 Å². The van der Waals surface area contributed by atoms with Gasteiger partial charge in [0.05, 0.1) is 12.8 Å². The van der Waals surface area contributed by atoms with Gasteiger partial charge in [-0.15, -0.1) is 0 Å². The second-order valence-electron chi connectivity index (χ2n) is 6.78. The molecule has 0 aliphatic carbocycles. The van der Waals surface area contributed by atoms with E-state index in [1.165, 1.54) is 0 Å². The molecular weight excluding hydrogens is 372 g/mol. The minimum atomic E-state index is -0.388. The number of pyridine rings is 1. The molecule has 9 heteroatoms. The Balaban J connectivity index is 1.73. The Morgan fingerprint density at radius 1 is 1.24 bits per heavy atom. The van der Waals surface area contributed by atoms with Crippen molar-refractivity contribution >= 4 is 34.2 Å². The molecule has 2 N–H and O–H groups in total. The van der Waals surface area contributed by atoms with Gasteiger partial charge in [0, 0.05) is 24.3 Å². The van der Waals surface area contributed by atoms with Crippen molar-refractivity contribution in [1.29, 1.82) is 0 Å². The fourth-order valence-corrected chi connectivity index (χ4v) is 3.24. The van der Waals surface area contributed by atoms with Crippen LogP contribution in [0.4, 0.5) is 5.82 Å². The molecule has 3 heterocycles. The summed E-state index contributed by atoms with van der Waals surface area (Å²) in [4.78, 5) is 28.5. The van der Waals surface area contributed by atoms with Crippen LogP contribution >= 0.6 is 0 Å². The number of aromatic nitrogens is 3. The fourth-order valence-electron chi connectivity index (χ4n) is 3.24. The highest BCUT2D eigenvalue weighted by Gasteiger charge is 2.21. The zero-order chi connectivity index (χ0) is 20.5. The molecular formula is C20H20N6O3. The molecule has 0 saturated carbocycles. The average molecular weight is 392 g/mol. The van der Waals surface area contributed by atoms with Crippen molar-refractivity contribution in [3.63, 3.8) is 0 Å². The lowest BCUT2D eigenvalue weighted by Crippen LogP contribution is -2.33. The second-order valence-corrected chi connectivity index (χ2v) is 6.78. The number of aryl methyl sites for hydroxylation is 2. The molecule has 0 unspecified atom stereocenters. The number of fused-ring (bicyclic) bond motifs is 1. The number of rotatable bonds is 4. The number of methoxy groups -OCH3 is 1. The summed E-state index contributed by atoms with van der Waals surface area (Å²) in [5.41, 5.74) is 5.04. The van der Waals surface area contributed by atoms with Crippen LogP contribution in [0.15, 0.2) is 35.4 Å². The summed E-state index contributed by atoms with van der Waals surface area (Å²) in [6.07, 6.45) is 0.519. The summed E-state index contributed by atoms with van der Waals surface area (Å²) in [5.74, 6) is 1.10. The number of carbonyl (C=O) groups is 2. The number of hydrogen-bond acceptors (Lipinski definition) is 6. The van der Waals surface area contributed by atoms with E-state index in [0.29, 0.717) is 17.4 Å². The molecule has 1 aromatic carbocycles. The number of hydrogen-bond donors (Lipinski definition) is 2. The van der Waals surface area contributed by atoms with Gasteiger partial charge in [0.2, 0.25) is 5.91 Å². The predicted molar refractivity (Wildman–Crippen MR) is 108 cm³/mol. The van der Waals surface area contributed by atoms with E-state index >= 15 is 0 Å². The molecule has 0 saturated heterocycles. The summed E-state index contributed by atoms with van der Waals surface area (Å²) < 4.78 is 7.03. The van der Waals surface area contributed by atoms with Gasteiger partial charge in [-0.1, -0.05) is 12.1 Å². The molecule has 0 bridgehead atoms. The van der Waals surface area contributed by atoms with Crippen molar-refractivity contribution in [1.82, 2.24) is 20.2 Å². The monoisotopic (exact) mass is 392 g/mol. The van der Waals surface area contributed by atoms with Gasteiger partial charge in [0.15, 0.2) is 5.82 Å². The number of nitrogens with one attached hydrogen (secondary N) is 2. The molecule has 2 amide bonds. The smallest absolute Gasteiger partial charge is 0.273 e. The maximum atomic E-state index is 12.6. The molecule has 0 atom stereocenters. The molecule has 3 aromatic rings. The Morgan fingerprint density at radius 3 is 2.79 bits per heavy atom. The van der Waals surface area contributed by atoms with E-state index in [2.05, 4.69) is 20.9 Å². The molecule has 4 rings (SSSR count). The van der Waals surface area contributed by atoms with Crippen molar-refractivity contribution in [3.05, 3.63) is 41.6 Å². The zero-order valence-electron chi connectivity index (χ0n) is 16.3. The molecule has 9 nitrogen and oxygen atoms in total. The Kier molecular flexibility index (Phi) is 4.71. The maximum absolute atomic E-state index is 12.6. The van der Waals surface area contributed by atoms with Crippen LogP contribution in [0.2, 0.25) is 0 Å². The normalized spacial score (nSPS) is 13.8. The molecule has 0 radical (unpaired) electrons. The zero-order valence-corrected chi connectivity index (χ0v) is 16.3. The third-order valence-corrected chi connectivity index (χ3v) is 4.67. The third-order valence-electron chi connectivity index (χ3n) is 4.67. The van der Waals surface area contributed by atoms with Gasteiger partial charge in [-0.05, 0) is 31.5 Å². The molecule has 2 aromatic heterocycles. The fraction of sp³-hybridized carbons (Fsp3) is 0.250. The number of amides is 2. The number of ether oxygens (including phenoxy) is 1. The van der Waals surface area contributed by atoms with Crippen LogP contribution in [-0.2, 0) is 9.59 Å². The van der Waals surface area contributed by atoms with E-state index in [4.69, 9.17) is 9.72 Å². The highest BCUT2D eigenvalue weighted by atomic mass is 16.5. The largest absolute Gasteiger partial charge is 0.494 e. The van der Waals surface area contributed by atoms with Crippen molar-refractivity contribution < 1.29 is 14.3 Å².